The predicted molar refractivity (Wildman–Crippen MR) is 94.7 cm³/mol. The van der Waals surface area contributed by atoms with Crippen molar-refractivity contribution in [2.75, 3.05) is 0 Å². The van der Waals surface area contributed by atoms with Crippen LogP contribution in [0.3, 0.4) is 0 Å². The van der Waals surface area contributed by atoms with Gasteiger partial charge in [0.25, 0.3) is 0 Å². The highest BCUT2D eigenvalue weighted by Crippen LogP contribution is 2.20. The van der Waals surface area contributed by atoms with Crippen molar-refractivity contribution in [3.05, 3.63) is 70.8 Å². The Bertz CT molecular complexity index is 1000. The summed E-state index contributed by atoms with van der Waals surface area (Å²) in [5.74, 6) is 0. The molecule has 2 aromatic heterocycles. The molecule has 2 heterocycles. The number of rotatable bonds is 4. The summed E-state index contributed by atoms with van der Waals surface area (Å²) in [5, 5.41) is 16.8. The van der Waals surface area contributed by atoms with Crippen LogP contribution in [0.1, 0.15) is 22.3 Å². The normalized spacial score (nSPS) is 11.4. The highest BCUT2D eigenvalue weighted by atomic mass is 15.5. The highest BCUT2D eigenvalue weighted by molar-refractivity contribution is 5.83. The van der Waals surface area contributed by atoms with Crippen molar-refractivity contribution in [1.82, 2.24) is 25.4 Å². The molecule has 0 spiro atoms. The summed E-state index contributed by atoms with van der Waals surface area (Å²) in [5.41, 5.74) is 6.70. The monoisotopic (exact) mass is 317 g/mol. The second kappa shape index (κ2) is 6.02. The topological polar surface area (TPSA) is 55.1 Å². The van der Waals surface area contributed by atoms with Gasteiger partial charge in [-0.15, -0.1) is 5.10 Å². The van der Waals surface area contributed by atoms with Crippen LogP contribution >= 0.6 is 0 Å². The van der Waals surface area contributed by atoms with Crippen LogP contribution in [-0.2, 0) is 13.1 Å². The molecule has 0 aliphatic carbocycles. The van der Waals surface area contributed by atoms with Gasteiger partial charge < -0.3 is 5.32 Å². The number of aryl methyl sites for hydroxylation is 2. The zero-order chi connectivity index (χ0) is 16.5. The molecule has 2 aromatic carbocycles. The molecule has 0 aliphatic heterocycles. The zero-order valence-electron chi connectivity index (χ0n) is 13.8. The maximum atomic E-state index is 4.20. The smallest absolute Gasteiger partial charge is 0.184 e. The standard InChI is InChI=1S/C19H19N5/c1-13-3-6-15(7-4-13)11-20-12-17-10-16-8-5-14(2)9-18(16)24-19(17)21-22-23-24/h3-10,20H,11-12H2,1-2H3. The number of hydrogen-bond acceptors (Lipinski definition) is 4. The zero-order valence-corrected chi connectivity index (χ0v) is 13.8. The van der Waals surface area contributed by atoms with Crippen molar-refractivity contribution in [2.24, 2.45) is 0 Å². The van der Waals surface area contributed by atoms with Crippen molar-refractivity contribution in [3.63, 3.8) is 0 Å². The number of nitrogens with zero attached hydrogens (tertiary/aromatic N) is 4. The first-order chi connectivity index (χ1) is 11.7. The van der Waals surface area contributed by atoms with E-state index in [0.29, 0.717) is 0 Å². The molecular formula is C19H19N5. The maximum absolute atomic E-state index is 4.20. The fourth-order valence-electron chi connectivity index (χ4n) is 2.94. The Kier molecular flexibility index (Phi) is 3.70. The van der Waals surface area contributed by atoms with Gasteiger partial charge in [0, 0.05) is 24.0 Å². The lowest BCUT2D eigenvalue weighted by molar-refractivity contribution is 0.694. The maximum Gasteiger partial charge on any atom is 0.184 e. The van der Waals surface area contributed by atoms with E-state index in [1.165, 1.54) is 16.7 Å². The molecule has 4 aromatic rings. The molecule has 0 aliphatic rings. The third-order valence-electron chi connectivity index (χ3n) is 4.27. The van der Waals surface area contributed by atoms with E-state index in [1.807, 2.05) is 4.52 Å². The van der Waals surface area contributed by atoms with E-state index in [-0.39, 0.29) is 0 Å². The van der Waals surface area contributed by atoms with Crippen molar-refractivity contribution in [3.8, 4) is 0 Å². The predicted octanol–water partition coefficient (Wildman–Crippen LogP) is 3.18. The van der Waals surface area contributed by atoms with Crippen LogP contribution in [0.25, 0.3) is 16.6 Å². The molecule has 0 radical (unpaired) electrons. The van der Waals surface area contributed by atoms with Gasteiger partial charge in [-0.1, -0.05) is 42.0 Å². The first-order valence-electron chi connectivity index (χ1n) is 8.07. The molecule has 0 fully saturated rings. The summed E-state index contributed by atoms with van der Waals surface area (Å²) in [6.45, 7) is 5.72. The first kappa shape index (κ1) is 14.8. The molecule has 120 valence electrons. The van der Waals surface area contributed by atoms with Gasteiger partial charge in [0.05, 0.1) is 5.52 Å². The van der Waals surface area contributed by atoms with Crippen molar-refractivity contribution < 1.29 is 0 Å². The van der Waals surface area contributed by atoms with Crippen LogP contribution in [0.2, 0.25) is 0 Å². The summed E-state index contributed by atoms with van der Waals surface area (Å²) < 4.78 is 1.82. The van der Waals surface area contributed by atoms with E-state index in [0.717, 1.165) is 35.2 Å². The number of pyridine rings is 1. The number of hydrogen-bond donors (Lipinski definition) is 1. The molecule has 0 saturated heterocycles. The minimum Gasteiger partial charge on any atom is -0.308 e. The second-order valence-electron chi connectivity index (χ2n) is 6.24. The summed E-state index contributed by atoms with van der Waals surface area (Å²) in [6.07, 6.45) is 0. The van der Waals surface area contributed by atoms with Crippen LogP contribution in [0.4, 0.5) is 0 Å². The average Bonchev–Trinajstić information content (AvgIpc) is 3.07. The molecule has 0 atom stereocenters. The molecule has 0 bridgehead atoms. The second-order valence-corrected chi connectivity index (χ2v) is 6.24. The number of aromatic nitrogens is 4. The van der Waals surface area contributed by atoms with E-state index in [1.54, 1.807) is 0 Å². The van der Waals surface area contributed by atoms with Gasteiger partial charge in [0.15, 0.2) is 5.65 Å². The van der Waals surface area contributed by atoms with Crippen molar-refractivity contribution in [1.29, 1.82) is 0 Å². The minimum atomic E-state index is 0.724. The van der Waals surface area contributed by atoms with E-state index < -0.39 is 0 Å². The molecule has 1 N–H and O–H groups in total. The largest absolute Gasteiger partial charge is 0.308 e. The minimum absolute atomic E-state index is 0.724. The molecule has 5 nitrogen and oxygen atoms in total. The third kappa shape index (κ3) is 2.74. The Hall–Kier alpha value is -2.79. The Balaban J connectivity index is 1.62. The molecule has 5 heteroatoms. The van der Waals surface area contributed by atoms with Crippen LogP contribution in [-0.4, -0.2) is 20.0 Å². The molecule has 0 saturated carbocycles. The summed E-state index contributed by atoms with van der Waals surface area (Å²) in [7, 11) is 0. The lowest BCUT2D eigenvalue weighted by atomic mass is 10.1. The summed E-state index contributed by atoms with van der Waals surface area (Å²) >= 11 is 0. The summed E-state index contributed by atoms with van der Waals surface area (Å²) in [6, 6.07) is 17.1. The Morgan fingerprint density at radius 1 is 0.917 bits per heavy atom. The van der Waals surface area contributed by atoms with Gasteiger partial charge in [-0.25, -0.2) is 0 Å². The van der Waals surface area contributed by atoms with Crippen LogP contribution in [0, 0.1) is 13.8 Å². The van der Waals surface area contributed by atoms with Gasteiger partial charge in [-0.3, -0.25) is 0 Å². The molecular weight excluding hydrogens is 298 g/mol. The summed E-state index contributed by atoms with van der Waals surface area (Å²) in [4.78, 5) is 0. The van der Waals surface area contributed by atoms with Crippen molar-refractivity contribution >= 4 is 16.6 Å². The highest BCUT2D eigenvalue weighted by Gasteiger charge is 2.09. The Morgan fingerprint density at radius 3 is 2.54 bits per heavy atom. The average molecular weight is 317 g/mol. The SMILES string of the molecule is Cc1ccc(CNCc2cc3ccc(C)cc3n3nnnc23)cc1. The van der Waals surface area contributed by atoms with Gasteiger partial charge in [-0.2, -0.15) is 4.52 Å². The van der Waals surface area contributed by atoms with Gasteiger partial charge in [0.1, 0.15) is 0 Å². The van der Waals surface area contributed by atoms with Crippen LogP contribution in [0.5, 0.6) is 0 Å². The Labute approximate surface area is 140 Å². The van der Waals surface area contributed by atoms with Gasteiger partial charge in [-0.05, 0) is 47.5 Å². The first-order valence-corrected chi connectivity index (χ1v) is 8.07. The number of nitrogens with one attached hydrogen (secondary N) is 1. The third-order valence-corrected chi connectivity index (χ3v) is 4.27. The fraction of sp³-hybridized carbons (Fsp3) is 0.211. The molecule has 4 rings (SSSR count). The lowest BCUT2D eigenvalue weighted by Gasteiger charge is -2.09. The fourth-order valence-corrected chi connectivity index (χ4v) is 2.94. The van der Waals surface area contributed by atoms with E-state index in [4.69, 9.17) is 0 Å². The number of benzene rings is 2. The van der Waals surface area contributed by atoms with Crippen LogP contribution < -0.4 is 5.32 Å². The van der Waals surface area contributed by atoms with E-state index >= 15 is 0 Å². The van der Waals surface area contributed by atoms with Gasteiger partial charge in [0.2, 0.25) is 0 Å². The van der Waals surface area contributed by atoms with Crippen LogP contribution in [0.15, 0.2) is 48.5 Å². The van der Waals surface area contributed by atoms with E-state index in [9.17, 15) is 0 Å². The Morgan fingerprint density at radius 2 is 1.71 bits per heavy atom. The number of tetrazole rings is 1. The quantitative estimate of drug-likeness (QED) is 0.628. The number of fused-ring (bicyclic) bond motifs is 3. The van der Waals surface area contributed by atoms with Gasteiger partial charge >= 0.3 is 0 Å². The molecule has 24 heavy (non-hydrogen) atoms. The molecule has 0 unspecified atom stereocenters. The lowest BCUT2D eigenvalue weighted by Crippen LogP contribution is -2.13. The van der Waals surface area contributed by atoms with E-state index in [2.05, 4.69) is 83.2 Å². The molecule has 0 amide bonds. The van der Waals surface area contributed by atoms with Crippen molar-refractivity contribution in [2.45, 2.75) is 26.9 Å².